The minimum atomic E-state index is -5.95. The van der Waals surface area contributed by atoms with Crippen LogP contribution in [0.5, 0.6) is 57.5 Å². The Morgan fingerprint density at radius 1 is 0.321 bits per heavy atom. The molecule has 0 fully saturated rings. The van der Waals surface area contributed by atoms with Crippen molar-refractivity contribution >= 4 is 55.0 Å². The van der Waals surface area contributed by atoms with Gasteiger partial charge in [0.25, 0.3) is 45.9 Å². The van der Waals surface area contributed by atoms with E-state index in [4.69, 9.17) is 23.7 Å². The lowest BCUT2D eigenvalue weighted by Gasteiger charge is -2.43. The highest BCUT2D eigenvalue weighted by molar-refractivity contribution is 7.91. The third kappa shape index (κ3) is 18.8. The van der Waals surface area contributed by atoms with Crippen molar-refractivity contribution in [2.75, 3.05) is 13.6 Å². The van der Waals surface area contributed by atoms with Gasteiger partial charge in [0.1, 0.15) is 57.5 Å². The fourth-order valence-corrected chi connectivity index (χ4v) is 16.8. The molecule has 0 unspecified atom stereocenters. The normalized spacial score (nSPS) is 13.1. The van der Waals surface area contributed by atoms with Gasteiger partial charge in [-0.05, 0) is 277 Å². The van der Waals surface area contributed by atoms with E-state index < -0.39 is 113 Å². The second-order valence-corrected chi connectivity index (χ2v) is 34.5. The number of fused-ring (bicyclic) bond motifs is 6. The maximum atomic E-state index is 14.7. The highest BCUT2D eigenvalue weighted by Crippen LogP contribution is 2.61. The van der Waals surface area contributed by atoms with E-state index in [1.807, 2.05) is 159 Å². The predicted molar refractivity (Wildman–Crippen MR) is 488 cm³/mol. The van der Waals surface area contributed by atoms with E-state index in [2.05, 4.69) is 90.1 Å². The molecule has 0 bridgehead atoms. The first-order valence-corrected chi connectivity index (χ1v) is 43.1. The van der Waals surface area contributed by atoms with Crippen LogP contribution in [-0.2, 0) is 40.7 Å². The van der Waals surface area contributed by atoms with E-state index in [1.54, 1.807) is 55.5 Å². The number of amides is 4. The van der Waals surface area contributed by atoms with Crippen molar-refractivity contribution in [3.8, 4) is 57.5 Å². The number of aromatic nitrogens is 2. The van der Waals surface area contributed by atoms with Crippen LogP contribution in [0.1, 0.15) is 136 Å². The van der Waals surface area contributed by atoms with Gasteiger partial charge in [0.05, 0.1) is 53.6 Å². The number of imide groups is 2. The van der Waals surface area contributed by atoms with Crippen LogP contribution in [0, 0.1) is 41.5 Å². The molecule has 3 aliphatic rings. The molecule has 26 heteroatoms. The molecule has 0 saturated carbocycles. The first kappa shape index (κ1) is 92.1. The summed E-state index contributed by atoms with van der Waals surface area (Å²) >= 11 is 0. The Kier molecular flexibility index (Phi) is 26.0. The van der Waals surface area contributed by atoms with Gasteiger partial charge in [-0.15, -0.1) is 0 Å². The molecule has 0 atom stereocenters. The molecular weight excluding hydrogens is 1700 g/mol. The third-order valence-electron chi connectivity index (χ3n) is 23.1. The van der Waals surface area contributed by atoms with Gasteiger partial charge in [-0.1, -0.05) is 144 Å². The van der Waals surface area contributed by atoms with Crippen LogP contribution in [0.15, 0.2) is 308 Å². The molecule has 0 saturated heterocycles. The number of aryl methyl sites for hydroxylation is 6. The van der Waals surface area contributed by atoms with Crippen LogP contribution in [0.3, 0.4) is 0 Å². The number of hydrogen-bond donors (Lipinski definition) is 0. The van der Waals surface area contributed by atoms with Crippen LogP contribution in [-0.4, -0.2) is 76.9 Å². The number of halogens is 6. The minimum Gasteiger partial charge on any atom is -0.457 e. The average Bonchev–Trinajstić information content (AvgIpc) is 1.65. The number of rotatable bonds is 16. The molecule has 18 rings (SSSR count). The Morgan fingerprint density at radius 2 is 0.557 bits per heavy atom. The van der Waals surface area contributed by atoms with Gasteiger partial charge in [0.2, 0.25) is 15.3 Å². The lowest BCUT2D eigenvalue weighted by Crippen LogP contribution is -2.57. The average molecular weight is 1790 g/mol. The summed E-state index contributed by atoms with van der Waals surface area (Å²) in [6.45, 7) is 20.0. The second-order valence-electron chi connectivity index (χ2n) is 32.5. The zero-order valence-corrected chi connectivity index (χ0v) is 74.1. The van der Waals surface area contributed by atoms with E-state index >= 15 is 0 Å². The SMILES string of the molecule is CCN1C(=O)c2cc3c(cc2C1=O)C(C(F)(F)F)(C(F)(F)F)c1cc2c(cc1C3)C(=O)N(C)C2=O.CCn1c(=O)c2cc3c(=O)n(C)c(=O)c3cc2c1=O.Cc1ccc(Oc2ccc(C(C)(C)c3ccc(Oc4ccc(C)cc4)cc3)cc2)cc1.Cc1ccc(Oc2ccc(C)cc2)cc1.Cc1ccc(Oc2ccc(S(=O)(=O)c3ccc(Oc4ccc(C)cc4)cc3)cc2)cc1. The zero-order valence-electron chi connectivity index (χ0n) is 73.3. The molecular formula is C105H88F6N4O15S. The number of carbonyl (C=O) groups excluding carboxylic acids is 4. The monoisotopic (exact) mass is 1790 g/mol. The number of hydrogen-bond acceptors (Lipinski definition) is 15. The maximum Gasteiger partial charge on any atom is 0.411 e. The molecule has 2 aromatic heterocycles. The van der Waals surface area contributed by atoms with Crippen molar-refractivity contribution in [2.24, 2.45) is 7.05 Å². The lowest BCUT2D eigenvalue weighted by molar-refractivity contribution is -0.289. The molecule has 19 nitrogen and oxygen atoms in total. The summed E-state index contributed by atoms with van der Waals surface area (Å²) in [6, 6.07) is 82.6. The van der Waals surface area contributed by atoms with Gasteiger partial charge in [-0.2, -0.15) is 26.3 Å². The quantitative estimate of drug-likeness (QED) is 0.0646. The standard InChI is InChI=1S/C29H28O2.C26H22O4S.C23H14F6N2O4.C14H14O.C13H10N2O4/c1-21-5-13-25(14-6-21)30-27-17-9-23(10-18-27)29(3,4)24-11-19-28(20-12-24)31-26-15-7-22(2)8-16-26;1-19-3-7-21(8-4-19)29-23-11-15-25(16-12-23)31(27,28)26-17-13-24(14-18-26)30-22-9-5-20(2)6-10-22;1-3-31-19(34)12-6-10-4-9-5-11-13(18(33)30(2)17(11)32)7-15(9)21(22(24,25)26,23(27,28)29)16(10)8-14(12)20(31)35;1-11-3-7-13(8-4-11)15-14-9-5-12(2)6-10-14;1-3-15-12(18)8-4-6-7(5-9(8)13(15)19)11(17)14(2)10(6)16/h5-20H,1-4H3;3-18H,1-2H3;5-8H,3-4H2,1-2H3;3-10H,1-2H3;4-5H,3H2,1-2H3. The summed E-state index contributed by atoms with van der Waals surface area (Å²) in [5.41, 5.74) is -1.85. The number of sulfone groups is 1. The topological polar surface area (TPSA) is 233 Å². The largest absolute Gasteiger partial charge is 0.457 e. The molecule has 4 amide bonds. The molecule has 131 heavy (non-hydrogen) atoms. The summed E-state index contributed by atoms with van der Waals surface area (Å²) in [7, 11) is -1.20. The Labute approximate surface area is 750 Å². The molecule has 2 aliphatic heterocycles. The van der Waals surface area contributed by atoms with E-state index in [1.165, 1.54) is 59.5 Å². The number of carbonyl (C=O) groups is 4. The molecule has 0 spiro atoms. The van der Waals surface area contributed by atoms with Crippen molar-refractivity contribution < 1.29 is 77.6 Å². The highest BCUT2D eigenvalue weighted by atomic mass is 32.2. The molecule has 4 heterocycles. The van der Waals surface area contributed by atoms with E-state index in [0.717, 1.165) is 78.8 Å². The summed E-state index contributed by atoms with van der Waals surface area (Å²) in [4.78, 5) is 99.4. The fourth-order valence-electron chi connectivity index (χ4n) is 15.5. The molecule has 13 aromatic carbocycles. The first-order chi connectivity index (χ1) is 62.2. The third-order valence-corrected chi connectivity index (χ3v) is 24.9. The van der Waals surface area contributed by atoms with Crippen molar-refractivity contribution in [1.82, 2.24) is 18.9 Å². The molecule has 0 N–H and O–H groups in total. The number of alkyl halides is 6. The van der Waals surface area contributed by atoms with Crippen molar-refractivity contribution in [3.63, 3.8) is 0 Å². The number of ether oxygens (including phenoxy) is 5. The number of benzene rings is 13. The van der Waals surface area contributed by atoms with Gasteiger partial charge in [0, 0.05) is 32.6 Å². The van der Waals surface area contributed by atoms with Crippen LogP contribution >= 0.6 is 0 Å². The van der Waals surface area contributed by atoms with Crippen LogP contribution < -0.4 is 45.9 Å². The maximum absolute atomic E-state index is 14.7. The van der Waals surface area contributed by atoms with Crippen molar-refractivity contribution in [3.05, 3.63) is 409 Å². The van der Waals surface area contributed by atoms with Gasteiger partial charge in [-0.3, -0.25) is 57.3 Å². The summed E-state index contributed by atoms with van der Waals surface area (Å²) in [5.74, 6) is 4.00. The van der Waals surface area contributed by atoms with Gasteiger partial charge in [0.15, 0.2) is 0 Å². The van der Waals surface area contributed by atoms with E-state index in [9.17, 15) is 73.1 Å². The number of nitrogens with zero attached hydrogens (tertiary/aromatic N) is 4. The Morgan fingerprint density at radius 3 is 0.817 bits per heavy atom. The smallest absolute Gasteiger partial charge is 0.411 e. The molecule has 0 radical (unpaired) electrons. The molecule has 1 aliphatic carbocycles. The molecule has 666 valence electrons. The second kappa shape index (κ2) is 37.0. The lowest BCUT2D eigenvalue weighted by atomic mass is 9.64. The van der Waals surface area contributed by atoms with Gasteiger partial charge >= 0.3 is 12.4 Å². The summed E-state index contributed by atoms with van der Waals surface area (Å²) in [5, 5.41) is 0.764. The van der Waals surface area contributed by atoms with Crippen molar-refractivity contribution in [1.29, 1.82) is 0 Å². The van der Waals surface area contributed by atoms with Crippen LogP contribution in [0.25, 0.3) is 21.5 Å². The van der Waals surface area contributed by atoms with E-state index in [-0.39, 0.29) is 61.0 Å². The fraction of sp³-hybridized carbons (Fsp3) is 0.181. The molecule has 15 aromatic rings. The summed E-state index contributed by atoms with van der Waals surface area (Å²) in [6.07, 6.45) is -12.4. The van der Waals surface area contributed by atoms with Crippen molar-refractivity contribution in [2.45, 2.75) is 115 Å². The Balaban J connectivity index is 0.000000136. The van der Waals surface area contributed by atoms with Crippen LogP contribution in [0.4, 0.5) is 26.3 Å². The van der Waals surface area contributed by atoms with Crippen LogP contribution in [0.2, 0.25) is 0 Å². The zero-order chi connectivity index (χ0) is 94.1. The first-order valence-electron chi connectivity index (χ1n) is 41.7. The van der Waals surface area contributed by atoms with Gasteiger partial charge in [-0.25, -0.2) is 8.42 Å². The minimum absolute atomic E-state index is 0.120. The Bertz CT molecular complexity index is 6890. The predicted octanol–water partition coefficient (Wildman–Crippen LogP) is 22.3. The highest BCUT2D eigenvalue weighted by Gasteiger charge is 2.75. The van der Waals surface area contributed by atoms with Gasteiger partial charge < -0.3 is 23.7 Å². The van der Waals surface area contributed by atoms with E-state index in [0.29, 0.717) is 40.0 Å². The Hall–Kier alpha value is -15.1. The summed E-state index contributed by atoms with van der Waals surface area (Å²) < 4.78 is 145.